The molecule has 0 unspecified atom stereocenters. The van der Waals surface area contributed by atoms with E-state index in [0.29, 0.717) is 24.6 Å². The van der Waals surface area contributed by atoms with E-state index in [2.05, 4.69) is 15.7 Å². The molecule has 0 radical (unpaired) electrons. The van der Waals surface area contributed by atoms with Crippen LogP contribution in [0.25, 0.3) is 0 Å². The summed E-state index contributed by atoms with van der Waals surface area (Å²) in [5.41, 5.74) is 1.82. The van der Waals surface area contributed by atoms with Crippen LogP contribution in [0.4, 0.5) is 5.69 Å². The Morgan fingerprint density at radius 2 is 2.37 bits per heavy atom. The minimum atomic E-state index is -0.0276. The molecule has 0 saturated carbocycles. The molecule has 19 heavy (non-hydrogen) atoms. The smallest absolute Gasteiger partial charge is 0.237 e. The number of ether oxygens (including phenoxy) is 1. The molecule has 0 aliphatic heterocycles. The minimum Gasteiger partial charge on any atom is -0.476 e. The third kappa shape index (κ3) is 4.06. The molecule has 1 N–H and O–H groups in total. The lowest BCUT2D eigenvalue weighted by Gasteiger charge is -2.09. The van der Waals surface area contributed by atoms with Crippen molar-refractivity contribution in [1.29, 1.82) is 0 Å². The van der Waals surface area contributed by atoms with Gasteiger partial charge in [-0.1, -0.05) is 0 Å². The van der Waals surface area contributed by atoms with E-state index in [4.69, 9.17) is 4.74 Å². The fraction of sp³-hybridized carbons (Fsp3) is 0.286. The van der Waals surface area contributed by atoms with Crippen molar-refractivity contribution in [3.8, 4) is 5.88 Å². The number of pyridine rings is 1. The fourth-order valence-corrected chi connectivity index (χ4v) is 2.35. The molecule has 4 nitrogen and oxygen atoms in total. The molecule has 2 rings (SSSR count). The second-order valence-corrected chi connectivity index (χ2v) is 4.75. The number of hydrogen-bond donors (Lipinski definition) is 1. The molecule has 0 aliphatic carbocycles. The fourth-order valence-electron chi connectivity index (χ4n) is 1.64. The van der Waals surface area contributed by atoms with Crippen LogP contribution in [-0.2, 0) is 11.2 Å². The number of thiophene rings is 1. The Hall–Kier alpha value is -1.88. The molecule has 2 heterocycles. The molecule has 2 aromatic heterocycles. The van der Waals surface area contributed by atoms with Crippen LogP contribution in [0, 0.1) is 0 Å². The maximum atomic E-state index is 11.9. The molecule has 0 aliphatic rings. The van der Waals surface area contributed by atoms with Gasteiger partial charge >= 0.3 is 0 Å². The van der Waals surface area contributed by atoms with E-state index < -0.39 is 0 Å². The number of nitrogens with zero attached hydrogens (tertiary/aromatic N) is 1. The quantitative estimate of drug-likeness (QED) is 0.882. The Morgan fingerprint density at radius 3 is 3.11 bits per heavy atom. The summed E-state index contributed by atoms with van der Waals surface area (Å²) in [7, 11) is 0. The van der Waals surface area contributed by atoms with Gasteiger partial charge in [0.15, 0.2) is 0 Å². The van der Waals surface area contributed by atoms with Crippen LogP contribution in [0.5, 0.6) is 5.88 Å². The van der Waals surface area contributed by atoms with Gasteiger partial charge in [-0.15, -0.1) is 0 Å². The molecule has 0 atom stereocenters. The van der Waals surface area contributed by atoms with Gasteiger partial charge < -0.3 is 10.1 Å². The first-order valence-electron chi connectivity index (χ1n) is 6.18. The predicted molar refractivity (Wildman–Crippen MR) is 76.7 cm³/mol. The van der Waals surface area contributed by atoms with Gasteiger partial charge in [0.2, 0.25) is 11.8 Å². The molecule has 0 saturated heterocycles. The lowest BCUT2D eigenvalue weighted by Crippen LogP contribution is -2.13. The highest BCUT2D eigenvalue weighted by molar-refractivity contribution is 7.07. The van der Waals surface area contributed by atoms with Crippen LogP contribution in [0.1, 0.15) is 18.9 Å². The van der Waals surface area contributed by atoms with Gasteiger partial charge in [0.05, 0.1) is 6.61 Å². The number of hydrogen-bond acceptors (Lipinski definition) is 4. The summed E-state index contributed by atoms with van der Waals surface area (Å²) >= 11 is 1.64. The van der Waals surface area contributed by atoms with E-state index in [9.17, 15) is 4.79 Å². The summed E-state index contributed by atoms with van der Waals surface area (Å²) in [4.78, 5) is 16.0. The van der Waals surface area contributed by atoms with E-state index in [1.165, 1.54) is 5.56 Å². The van der Waals surface area contributed by atoms with Gasteiger partial charge in [0, 0.05) is 12.6 Å². The summed E-state index contributed by atoms with van der Waals surface area (Å²) in [6, 6.07) is 5.60. The highest BCUT2D eigenvalue weighted by atomic mass is 32.1. The van der Waals surface area contributed by atoms with E-state index >= 15 is 0 Å². The monoisotopic (exact) mass is 276 g/mol. The van der Waals surface area contributed by atoms with Crippen LogP contribution in [0.15, 0.2) is 35.2 Å². The van der Waals surface area contributed by atoms with Gasteiger partial charge in [0.25, 0.3) is 0 Å². The zero-order valence-corrected chi connectivity index (χ0v) is 11.6. The maximum Gasteiger partial charge on any atom is 0.237 e. The molecule has 0 aromatic carbocycles. The third-order valence-corrected chi connectivity index (χ3v) is 3.28. The second kappa shape index (κ2) is 6.89. The normalized spacial score (nSPS) is 10.2. The SMILES string of the molecule is CCOc1ncccc1NC(=O)CCc1ccsc1. The minimum absolute atomic E-state index is 0.0276. The molecule has 2 aromatic rings. The molecule has 100 valence electrons. The Labute approximate surface area is 116 Å². The number of aryl methyl sites for hydroxylation is 1. The summed E-state index contributed by atoms with van der Waals surface area (Å²) in [6.07, 6.45) is 2.85. The Kier molecular flexibility index (Phi) is 4.92. The lowest BCUT2D eigenvalue weighted by molar-refractivity contribution is -0.116. The van der Waals surface area contributed by atoms with Crippen LogP contribution < -0.4 is 10.1 Å². The molecule has 1 amide bonds. The number of nitrogens with one attached hydrogen (secondary N) is 1. The standard InChI is InChI=1S/C14H16N2O2S/c1-2-18-14-12(4-3-8-15-14)16-13(17)6-5-11-7-9-19-10-11/h3-4,7-10H,2,5-6H2,1H3,(H,16,17). The van der Waals surface area contributed by atoms with Crippen molar-refractivity contribution < 1.29 is 9.53 Å². The number of rotatable bonds is 6. The Bertz CT molecular complexity index is 526. The van der Waals surface area contributed by atoms with E-state index in [1.807, 2.05) is 18.4 Å². The Balaban J connectivity index is 1.91. The number of anilines is 1. The summed E-state index contributed by atoms with van der Waals surface area (Å²) in [5, 5.41) is 6.91. The highest BCUT2D eigenvalue weighted by Crippen LogP contribution is 2.20. The number of carbonyl (C=O) groups is 1. The summed E-state index contributed by atoms with van der Waals surface area (Å²) in [6.45, 7) is 2.41. The molecule has 0 bridgehead atoms. The summed E-state index contributed by atoms with van der Waals surface area (Å²) in [5.74, 6) is 0.439. The third-order valence-electron chi connectivity index (χ3n) is 2.55. The van der Waals surface area contributed by atoms with Gasteiger partial charge in [-0.2, -0.15) is 11.3 Å². The second-order valence-electron chi connectivity index (χ2n) is 3.97. The summed E-state index contributed by atoms with van der Waals surface area (Å²) < 4.78 is 5.36. The number of amides is 1. The van der Waals surface area contributed by atoms with Crippen LogP contribution in [-0.4, -0.2) is 17.5 Å². The Morgan fingerprint density at radius 1 is 1.47 bits per heavy atom. The molecular formula is C14H16N2O2S. The van der Waals surface area contributed by atoms with Gasteiger partial charge in [0.1, 0.15) is 5.69 Å². The molecule has 5 heteroatoms. The average Bonchev–Trinajstić information content (AvgIpc) is 2.92. The first kappa shape index (κ1) is 13.5. The zero-order valence-electron chi connectivity index (χ0n) is 10.8. The first-order chi connectivity index (χ1) is 9.29. The van der Waals surface area contributed by atoms with Gasteiger partial charge in [-0.3, -0.25) is 4.79 Å². The molecule has 0 fully saturated rings. The van der Waals surface area contributed by atoms with Crippen molar-refractivity contribution in [2.45, 2.75) is 19.8 Å². The largest absolute Gasteiger partial charge is 0.476 e. The molecule has 0 spiro atoms. The zero-order chi connectivity index (χ0) is 13.5. The van der Waals surface area contributed by atoms with Crippen molar-refractivity contribution in [1.82, 2.24) is 4.98 Å². The van der Waals surface area contributed by atoms with Crippen molar-refractivity contribution in [2.24, 2.45) is 0 Å². The van der Waals surface area contributed by atoms with E-state index in [1.54, 1.807) is 29.7 Å². The molecular weight excluding hydrogens is 260 g/mol. The first-order valence-corrected chi connectivity index (χ1v) is 7.12. The lowest BCUT2D eigenvalue weighted by atomic mass is 10.2. The van der Waals surface area contributed by atoms with Crippen molar-refractivity contribution in [3.63, 3.8) is 0 Å². The topological polar surface area (TPSA) is 51.2 Å². The van der Waals surface area contributed by atoms with Crippen molar-refractivity contribution in [3.05, 3.63) is 40.7 Å². The van der Waals surface area contributed by atoms with Gasteiger partial charge in [-0.05, 0) is 47.9 Å². The number of carbonyl (C=O) groups excluding carboxylic acids is 1. The number of aromatic nitrogens is 1. The average molecular weight is 276 g/mol. The van der Waals surface area contributed by atoms with Crippen LogP contribution >= 0.6 is 11.3 Å². The maximum absolute atomic E-state index is 11.9. The predicted octanol–water partition coefficient (Wildman–Crippen LogP) is 3.11. The van der Waals surface area contributed by atoms with Crippen LogP contribution in [0.2, 0.25) is 0 Å². The van der Waals surface area contributed by atoms with E-state index in [-0.39, 0.29) is 5.91 Å². The van der Waals surface area contributed by atoms with Gasteiger partial charge in [-0.25, -0.2) is 4.98 Å². The van der Waals surface area contributed by atoms with Crippen molar-refractivity contribution >= 4 is 22.9 Å². The van der Waals surface area contributed by atoms with Crippen molar-refractivity contribution in [2.75, 3.05) is 11.9 Å². The van der Waals surface area contributed by atoms with Crippen LogP contribution in [0.3, 0.4) is 0 Å². The highest BCUT2D eigenvalue weighted by Gasteiger charge is 2.08. The van der Waals surface area contributed by atoms with E-state index in [0.717, 1.165) is 6.42 Å².